The lowest BCUT2D eigenvalue weighted by molar-refractivity contribution is 0.0317. The fourth-order valence-electron chi connectivity index (χ4n) is 4.58. The van der Waals surface area contributed by atoms with Crippen LogP contribution in [0.25, 0.3) is 17.0 Å². The van der Waals surface area contributed by atoms with Gasteiger partial charge in [-0.1, -0.05) is 17.7 Å². The molecule has 3 aromatic rings. The fourth-order valence-corrected chi connectivity index (χ4v) is 4.74. The van der Waals surface area contributed by atoms with Gasteiger partial charge in [0.2, 0.25) is 0 Å². The molecule has 1 spiro atoms. The van der Waals surface area contributed by atoms with Crippen molar-refractivity contribution in [3.8, 4) is 11.4 Å². The summed E-state index contributed by atoms with van der Waals surface area (Å²) < 4.78 is 8.16. The summed E-state index contributed by atoms with van der Waals surface area (Å²) in [6.45, 7) is 3.06. The quantitative estimate of drug-likeness (QED) is 0.749. The maximum Gasteiger partial charge on any atom is 0.137 e. The van der Waals surface area contributed by atoms with Gasteiger partial charge in [0.05, 0.1) is 28.7 Å². The number of halogens is 1. The number of nitrogens with zero attached hydrogens (tertiary/aromatic N) is 3. The van der Waals surface area contributed by atoms with Gasteiger partial charge in [0, 0.05) is 30.3 Å². The minimum atomic E-state index is 0.263. The minimum absolute atomic E-state index is 0.263. The molecule has 1 N–H and O–H groups in total. The van der Waals surface area contributed by atoms with E-state index in [1.54, 1.807) is 0 Å². The summed E-state index contributed by atoms with van der Waals surface area (Å²) in [5, 5.41) is 4.16. The van der Waals surface area contributed by atoms with Gasteiger partial charge in [-0.25, -0.2) is 4.98 Å². The molecule has 0 aliphatic carbocycles. The zero-order valence-electron chi connectivity index (χ0n) is 15.2. The monoisotopic (exact) mass is 382 g/mol. The Morgan fingerprint density at radius 1 is 1.19 bits per heavy atom. The Hall–Kier alpha value is -1.95. The number of hydrogen-bond acceptors (Lipinski definition) is 4. The molecule has 140 valence electrons. The maximum atomic E-state index is 6.17. The first kappa shape index (κ1) is 17.2. The number of fused-ring (bicyclic) bond motifs is 1. The Bertz CT molecular complexity index is 964. The number of piperidine rings is 1. The van der Waals surface area contributed by atoms with Crippen LogP contribution in [0.1, 0.15) is 25.0 Å². The smallest absolute Gasteiger partial charge is 0.137 e. The van der Waals surface area contributed by atoms with Crippen molar-refractivity contribution in [2.75, 3.05) is 19.7 Å². The first-order valence-corrected chi connectivity index (χ1v) is 10.0. The highest BCUT2D eigenvalue weighted by Gasteiger charge is 2.44. The summed E-state index contributed by atoms with van der Waals surface area (Å²) in [7, 11) is 0. The second-order valence-corrected chi connectivity index (χ2v) is 8.10. The van der Waals surface area contributed by atoms with Gasteiger partial charge in [0.1, 0.15) is 5.65 Å². The van der Waals surface area contributed by atoms with Gasteiger partial charge in [-0.3, -0.25) is 9.38 Å². The topological polar surface area (TPSA) is 51.5 Å². The second-order valence-electron chi connectivity index (χ2n) is 7.66. The molecular weight excluding hydrogens is 360 g/mol. The molecule has 0 aromatic carbocycles. The molecule has 6 heteroatoms. The highest BCUT2D eigenvalue weighted by atomic mass is 35.5. The second kappa shape index (κ2) is 6.89. The average Bonchev–Trinajstić information content (AvgIpc) is 3.27. The average molecular weight is 383 g/mol. The molecule has 2 aliphatic rings. The number of nitrogens with one attached hydrogen (secondary N) is 1. The van der Waals surface area contributed by atoms with Gasteiger partial charge in [-0.15, -0.1) is 0 Å². The van der Waals surface area contributed by atoms with E-state index in [0.717, 1.165) is 48.8 Å². The van der Waals surface area contributed by atoms with E-state index in [2.05, 4.69) is 22.4 Å². The lowest BCUT2D eigenvalue weighted by atomic mass is 9.72. The number of pyridine rings is 2. The van der Waals surface area contributed by atoms with E-state index in [1.807, 2.05) is 35.0 Å². The highest BCUT2D eigenvalue weighted by Crippen LogP contribution is 2.43. The van der Waals surface area contributed by atoms with Crippen LogP contribution in [0.15, 0.2) is 42.7 Å². The SMILES string of the molecule is Clc1ccc2ncc(-c3cccc(CC4OCCC45CCNCC5)n3)n2c1. The summed E-state index contributed by atoms with van der Waals surface area (Å²) >= 11 is 6.17. The molecule has 1 atom stereocenters. The molecule has 3 aromatic heterocycles. The van der Waals surface area contributed by atoms with Crippen LogP contribution in [0, 0.1) is 5.41 Å². The number of ether oxygens (including phenoxy) is 1. The normalized spacial score (nSPS) is 21.9. The minimum Gasteiger partial charge on any atom is -0.377 e. The molecule has 5 heterocycles. The molecule has 2 fully saturated rings. The van der Waals surface area contributed by atoms with Crippen LogP contribution in [-0.2, 0) is 11.2 Å². The predicted octanol–water partition coefficient (Wildman–Crippen LogP) is 3.75. The van der Waals surface area contributed by atoms with E-state index in [0.29, 0.717) is 10.4 Å². The van der Waals surface area contributed by atoms with E-state index in [9.17, 15) is 0 Å². The first-order chi connectivity index (χ1) is 13.2. The van der Waals surface area contributed by atoms with E-state index in [1.165, 1.54) is 19.3 Å². The van der Waals surface area contributed by atoms with E-state index in [-0.39, 0.29) is 6.10 Å². The van der Waals surface area contributed by atoms with Crippen molar-refractivity contribution in [2.45, 2.75) is 31.8 Å². The summed E-state index contributed by atoms with van der Waals surface area (Å²) in [6, 6.07) is 9.99. The molecule has 0 radical (unpaired) electrons. The number of aromatic nitrogens is 3. The van der Waals surface area contributed by atoms with E-state index >= 15 is 0 Å². The summed E-state index contributed by atoms with van der Waals surface area (Å²) in [5.74, 6) is 0. The van der Waals surface area contributed by atoms with Crippen molar-refractivity contribution in [2.24, 2.45) is 5.41 Å². The van der Waals surface area contributed by atoms with E-state index < -0.39 is 0 Å². The summed E-state index contributed by atoms with van der Waals surface area (Å²) in [5.41, 5.74) is 4.14. The Balaban J connectivity index is 1.44. The number of imidazole rings is 1. The van der Waals surface area contributed by atoms with Crippen LogP contribution in [-0.4, -0.2) is 40.2 Å². The Morgan fingerprint density at radius 3 is 2.96 bits per heavy atom. The van der Waals surface area contributed by atoms with Gasteiger partial charge in [-0.2, -0.15) is 0 Å². The highest BCUT2D eigenvalue weighted by molar-refractivity contribution is 6.30. The lowest BCUT2D eigenvalue weighted by Gasteiger charge is -2.37. The van der Waals surface area contributed by atoms with Gasteiger partial charge < -0.3 is 10.1 Å². The zero-order chi connectivity index (χ0) is 18.3. The molecule has 27 heavy (non-hydrogen) atoms. The third-order valence-electron chi connectivity index (χ3n) is 6.13. The molecule has 1 unspecified atom stereocenters. The summed E-state index contributed by atoms with van der Waals surface area (Å²) in [6.07, 6.45) is 8.44. The third-order valence-corrected chi connectivity index (χ3v) is 6.36. The molecule has 0 saturated carbocycles. The molecule has 5 nitrogen and oxygen atoms in total. The summed E-state index contributed by atoms with van der Waals surface area (Å²) in [4.78, 5) is 9.41. The zero-order valence-corrected chi connectivity index (χ0v) is 16.0. The first-order valence-electron chi connectivity index (χ1n) is 9.65. The van der Waals surface area contributed by atoms with Crippen LogP contribution in [0.3, 0.4) is 0 Å². The Morgan fingerprint density at radius 2 is 2.07 bits per heavy atom. The number of hydrogen-bond donors (Lipinski definition) is 1. The lowest BCUT2D eigenvalue weighted by Crippen LogP contribution is -2.42. The Labute approximate surface area is 163 Å². The van der Waals surface area contributed by atoms with Crippen molar-refractivity contribution < 1.29 is 4.74 Å². The van der Waals surface area contributed by atoms with Crippen LogP contribution in [0.4, 0.5) is 0 Å². The van der Waals surface area contributed by atoms with Gasteiger partial charge in [0.25, 0.3) is 0 Å². The van der Waals surface area contributed by atoms with E-state index in [4.69, 9.17) is 21.3 Å². The van der Waals surface area contributed by atoms with Crippen molar-refractivity contribution in [1.29, 1.82) is 0 Å². The van der Waals surface area contributed by atoms with Crippen LogP contribution >= 0.6 is 11.6 Å². The molecular formula is C21H23ClN4O. The molecule has 2 aliphatic heterocycles. The van der Waals surface area contributed by atoms with Crippen molar-refractivity contribution in [3.63, 3.8) is 0 Å². The van der Waals surface area contributed by atoms with Gasteiger partial charge in [0.15, 0.2) is 0 Å². The van der Waals surface area contributed by atoms with Crippen LogP contribution < -0.4 is 5.32 Å². The Kier molecular flexibility index (Phi) is 4.38. The molecule has 2 saturated heterocycles. The molecule has 0 amide bonds. The fraction of sp³-hybridized carbons (Fsp3) is 0.429. The predicted molar refractivity (Wildman–Crippen MR) is 106 cm³/mol. The molecule has 5 rings (SSSR count). The van der Waals surface area contributed by atoms with Crippen LogP contribution in [0.5, 0.6) is 0 Å². The maximum absolute atomic E-state index is 6.17. The van der Waals surface area contributed by atoms with Crippen molar-refractivity contribution in [3.05, 3.63) is 53.4 Å². The number of rotatable bonds is 3. The van der Waals surface area contributed by atoms with Gasteiger partial charge >= 0.3 is 0 Å². The van der Waals surface area contributed by atoms with Crippen LogP contribution in [0.2, 0.25) is 5.02 Å². The van der Waals surface area contributed by atoms with Gasteiger partial charge in [-0.05, 0) is 56.6 Å². The van der Waals surface area contributed by atoms with Crippen molar-refractivity contribution >= 4 is 17.2 Å². The molecule has 0 bridgehead atoms. The largest absolute Gasteiger partial charge is 0.377 e. The standard InChI is InChI=1S/C21H23ClN4O/c22-15-4-5-20-24-13-18(26(20)14-15)17-3-1-2-16(25-17)12-19-21(8-11-27-19)6-9-23-10-7-21/h1-5,13-14,19,23H,6-12H2. The third kappa shape index (κ3) is 3.14. The van der Waals surface area contributed by atoms with Crippen molar-refractivity contribution in [1.82, 2.24) is 19.7 Å².